The number of aromatic nitrogens is 6. The highest BCUT2D eigenvalue weighted by molar-refractivity contribution is 7.90. The van der Waals surface area contributed by atoms with Gasteiger partial charge >= 0.3 is 18.0 Å². The molecule has 1 atom stereocenters. The first kappa shape index (κ1) is 53.9. The van der Waals surface area contributed by atoms with Gasteiger partial charge in [0.25, 0.3) is 20.0 Å². The Balaban J connectivity index is 0.000000264. The number of nitrogens with zero attached hydrogens (tertiary/aromatic N) is 6. The molecule has 4 N–H and O–H groups in total. The van der Waals surface area contributed by atoms with Crippen molar-refractivity contribution >= 4 is 38.1 Å². The largest absolute Gasteiger partial charge is 0.481 e. The third kappa shape index (κ3) is 12.8. The summed E-state index contributed by atoms with van der Waals surface area (Å²) in [6, 6.07) is 10.4. The number of carbonyl (C=O) groups is 3. The third-order valence-electron chi connectivity index (χ3n) is 9.13. The minimum atomic E-state index is -4.47. The van der Waals surface area contributed by atoms with E-state index in [0.29, 0.717) is 20.1 Å². The standard InChI is InChI=1S/C22H24F2N4O5S.C17H16F2N4O3S.C4H4O4/c1-22(2,3)19(33-21(29)25-4)15-12-28(18(17(15)23)14-7-6-10-26-20(14)24)34(30,31)13-8-9-16(32-5)27-11-13;1-20-8-11-10-23(16(15(11)18)13-4-3-7-21-17(13)19)27(24,25)12-5-6-14(26-2)22-9-12;5-3(6)1-2-4(7)8/h6-12,19H,1-5H3,(H,25,29);3-7,9-10,20H,8H2,1-2H3;1-2H,(H,5,6)(H,7,8)/b;;2-1+. The second kappa shape index (κ2) is 22.9. The number of nitrogens with one attached hydrogen (secondary N) is 2. The highest BCUT2D eigenvalue weighted by Gasteiger charge is 2.38. The van der Waals surface area contributed by atoms with Gasteiger partial charge in [-0.3, -0.25) is 0 Å². The molecular formula is C43H44F4N8O12S2. The number of alkyl carbamates (subject to hydrolysis) is 1. The number of hydrogen-bond acceptors (Lipinski definition) is 15. The van der Waals surface area contributed by atoms with E-state index in [4.69, 9.17) is 24.4 Å². The molecule has 0 radical (unpaired) electrons. The van der Waals surface area contributed by atoms with E-state index in [9.17, 15) is 44.4 Å². The summed E-state index contributed by atoms with van der Waals surface area (Å²) in [5.74, 6) is -6.09. The lowest BCUT2D eigenvalue weighted by atomic mass is 9.85. The molecule has 6 aromatic heterocycles. The van der Waals surface area contributed by atoms with Gasteiger partial charge in [-0.05, 0) is 43.4 Å². The number of rotatable bonds is 14. The van der Waals surface area contributed by atoms with Gasteiger partial charge in [0.05, 0.1) is 37.7 Å². The van der Waals surface area contributed by atoms with Gasteiger partial charge in [-0.1, -0.05) is 20.8 Å². The molecule has 0 aliphatic heterocycles. The smallest absolute Gasteiger partial charge is 0.407 e. The van der Waals surface area contributed by atoms with Crippen LogP contribution in [0.4, 0.5) is 22.4 Å². The van der Waals surface area contributed by atoms with Crippen LogP contribution in [0.5, 0.6) is 11.8 Å². The minimum absolute atomic E-state index is 0.0596. The fourth-order valence-corrected chi connectivity index (χ4v) is 8.65. The highest BCUT2D eigenvalue weighted by Crippen LogP contribution is 2.42. The third-order valence-corrected chi connectivity index (χ3v) is 12.4. The van der Waals surface area contributed by atoms with E-state index in [1.165, 1.54) is 76.0 Å². The Morgan fingerprint density at radius 1 is 0.710 bits per heavy atom. The van der Waals surface area contributed by atoms with Crippen LogP contribution in [0.2, 0.25) is 0 Å². The monoisotopic (exact) mass is 1000 g/mol. The Labute approximate surface area is 392 Å². The number of methoxy groups -OCH3 is 2. The average Bonchev–Trinajstić information content (AvgIpc) is 3.83. The van der Waals surface area contributed by atoms with Crippen molar-refractivity contribution in [2.45, 2.75) is 43.2 Å². The van der Waals surface area contributed by atoms with Gasteiger partial charge in [0, 0.05) is 79.2 Å². The normalized spacial score (nSPS) is 11.9. The number of carbonyl (C=O) groups excluding carboxylic acids is 1. The van der Waals surface area contributed by atoms with Crippen molar-refractivity contribution in [1.82, 2.24) is 38.5 Å². The molecule has 0 fully saturated rings. The summed E-state index contributed by atoms with van der Waals surface area (Å²) >= 11 is 0. The zero-order valence-corrected chi connectivity index (χ0v) is 39.1. The molecule has 0 bridgehead atoms. The predicted octanol–water partition coefficient (Wildman–Crippen LogP) is 5.81. The van der Waals surface area contributed by atoms with E-state index in [2.05, 4.69) is 30.6 Å². The first-order chi connectivity index (χ1) is 32.4. The molecule has 6 heterocycles. The molecule has 0 saturated heterocycles. The van der Waals surface area contributed by atoms with Gasteiger partial charge < -0.3 is 35.1 Å². The van der Waals surface area contributed by atoms with E-state index < -0.39 is 84.5 Å². The Morgan fingerprint density at radius 2 is 1.16 bits per heavy atom. The van der Waals surface area contributed by atoms with Crippen molar-refractivity contribution in [3.8, 4) is 34.3 Å². The van der Waals surface area contributed by atoms with E-state index in [-0.39, 0.29) is 50.3 Å². The summed E-state index contributed by atoms with van der Waals surface area (Å²) in [5, 5.41) is 20.7. The molecule has 6 aromatic rings. The fourth-order valence-electron chi connectivity index (χ4n) is 5.99. The zero-order valence-electron chi connectivity index (χ0n) is 37.5. The molecule has 0 saturated carbocycles. The van der Waals surface area contributed by atoms with Crippen LogP contribution in [0.25, 0.3) is 22.5 Å². The number of amides is 1. The van der Waals surface area contributed by atoms with Crippen LogP contribution in [-0.4, -0.2) is 101 Å². The SMILES string of the molecule is CNC(=O)OC(c1cn(S(=O)(=O)c2ccc(OC)nc2)c(-c2cccnc2F)c1F)C(C)(C)C.CNCc1cn(S(=O)(=O)c2ccc(OC)nc2)c(-c2cccnc2F)c1F.O=C(O)/C=C/C(=O)O. The number of halogens is 4. The van der Waals surface area contributed by atoms with Crippen LogP contribution in [0, 0.1) is 28.9 Å². The highest BCUT2D eigenvalue weighted by atomic mass is 32.2. The molecule has 1 amide bonds. The van der Waals surface area contributed by atoms with Crippen LogP contribution in [0.15, 0.2) is 108 Å². The molecule has 69 heavy (non-hydrogen) atoms. The van der Waals surface area contributed by atoms with Crippen LogP contribution < -0.4 is 20.1 Å². The summed E-state index contributed by atoms with van der Waals surface area (Å²) in [4.78, 5) is 45.4. The molecule has 26 heteroatoms. The molecule has 368 valence electrons. The molecule has 0 aliphatic rings. The second-order valence-electron chi connectivity index (χ2n) is 14.9. The van der Waals surface area contributed by atoms with E-state index in [0.717, 1.165) is 31.0 Å². The van der Waals surface area contributed by atoms with Gasteiger partial charge in [0.15, 0.2) is 11.6 Å². The first-order valence-electron chi connectivity index (χ1n) is 19.6. The fraction of sp³-hybridized carbons (Fsp3) is 0.233. The number of carboxylic acids is 2. The van der Waals surface area contributed by atoms with Crippen molar-refractivity contribution in [2.75, 3.05) is 28.3 Å². The zero-order chi connectivity index (χ0) is 51.4. The average molecular weight is 1000 g/mol. The molecular weight excluding hydrogens is 961 g/mol. The van der Waals surface area contributed by atoms with Gasteiger partial charge in [0.2, 0.25) is 23.7 Å². The van der Waals surface area contributed by atoms with E-state index in [1.54, 1.807) is 27.8 Å². The molecule has 0 aromatic carbocycles. The van der Waals surface area contributed by atoms with Crippen LogP contribution in [-0.2, 0) is 40.9 Å². The Hall–Kier alpha value is -7.71. The van der Waals surface area contributed by atoms with Crippen molar-refractivity contribution in [1.29, 1.82) is 0 Å². The number of carboxylic acid groups (broad SMARTS) is 2. The van der Waals surface area contributed by atoms with E-state index >= 15 is 4.39 Å². The maximum absolute atomic E-state index is 15.9. The Kier molecular flexibility index (Phi) is 17.9. The predicted molar refractivity (Wildman–Crippen MR) is 237 cm³/mol. The lowest BCUT2D eigenvalue weighted by molar-refractivity contribution is -0.134. The van der Waals surface area contributed by atoms with E-state index in [1.807, 2.05) is 0 Å². The summed E-state index contributed by atoms with van der Waals surface area (Å²) in [7, 11) is -3.03. The molecule has 0 spiro atoms. The summed E-state index contributed by atoms with van der Waals surface area (Å²) in [6.07, 6.45) is 5.64. The van der Waals surface area contributed by atoms with Crippen molar-refractivity contribution in [3.63, 3.8) is 0 Å². The molecule has 20 nitrogen and oxygen atoms in total. The summed E-state index contributed by atoms with van der Waals surface area (Å²) in [5.41, 5.74) is -2.70. The Morgan fingerprint density at radius 3 is 1.52 bits per heavy atom. The minimum Gasteiger partial charge on any atom is -0.481 e. The second-order valence-corrected chi connectivity index (χ2v) is 18.5. The maximum Gasteiger partial charge on any atom is 0.407 e. The molecule has 1 unspecified atom stereocenters. The van der Waals surface area contributed by atoms with Crippen LogP contribution >= 0.6 is 0 Å². The summed E-state index contributed by atoms with van der Waals surface area (Å²) in [6.45, 7) is 5.11. The molecule has 0 aliphatic carbocycles. The maximum atomic E-state index is 15.9. The van der Waals surface area contributed by atoms with Gasteiger partial charge in [-0.25, -0.2) is 67.9 Å². The van der Waals surface area contributed by atoms with Crippen molar-refractivity contribution in [3.05, 3.63) is 133 Å². The topological polar surface area (TPSA) is 273 Å². The number of pyridine rings is 4. The quantitative estimate of drug-likeness (QED) is 0.0569. The Bertz CT molecular complexity index is 3040. The van der Waals surface area contributed by atoms with Gasteiger partial charge in [-0.15, -0.1) is 0 Å². The summed E-state index contributed by atoms with van der Waals surface area (Å²) < 4.78 is 129. The lowest BCUT2D eigenvalue weighted by Crippen LogP contribution is -2.29. The van der Waals surface area contributed by atoms with Crippen LogP contribution in [0.1, 0.15) is 38.0 Å². The van der Waals surface area contributed by atoms with Crippen LogP contribution in [0.3, 0.4) is 0 Å². The number of ether oxygens (including phenoxy) is 3. The molecule has 6 rings (SSSR count). The number of hydrogen-bond donors (Lipinski definition) is 4. The number of aliphatic carboxylic acids is 2. The van der Waals surface area contributed by atoms with Gasteiger partial charge in [-0.2, -0.15) is 8.78 Å². The lowest BCUT2D eigenvalue weighted by Gasteiger charge is -2.29. The first-order valence-corrected chi connectivity index (χ1v) is 22.5. The van der Waals surface area contributed by atoms with Gasteiger partial charge in [0.1, 0.15) is 27.3 Å². The van der Waals surface area contributed by atoms with Crippen molar-refractivity contribution < 1.29 is 73.2 Å². The van der Waals surface area contributed by atoms with Crippen molar-refractivity contribution in [2.24, 2.45) is 5.41 Å².